The van der Waals surface area contributed by atoms with Crippen molar-refractivity contribution in [2.24, 2.45) is 0 Å². The molecular weight excluding hydrogens is 296 g/mol. The van der Waals surface area contributed by atoms with Crippen LogP contribution >= 0.6 is 0 Å². The zero-order valence-electron chi connectivity index (χ0n) is 15.3. The number of benzene rings is 2. The zero-order chi connectivity index (χ0) is 17.0. The second-order valence-electron chi connectivity index (χ2n) is 6.88. The molecule has 0 amide bonds. The van der Waals surface area contributed by atoms with Crippen LogP contribution in [0, 0.1) is 0 Å². The standard InChI is InChI=1S/C20H30N2Si/c1-17(2)23(18(3)4,21(5)19-13-9-7-10-14-19)22(6)20-15-11-8-12-16-20/h7-18H,1-6H3. The lowest BCUT2D eigenvalue weighted by Crippen LogP contribution is -2.68. The number of para-hydroxylation sites is 2. The fraction of sp³-hybridized carbons (Fsp3) is 0.400. The highest BCUT2D eigenvalue weighted by atomic mass is 28.4. The van der Waals surface area contributed by atoms with Gasteiger partial charge in [-0.3, -0.25) is 0 Å². The van der Waals surface area contributed by atoms with Gasteiger partial charge in [-0.1, -0.05) is 64.1 Å². The van der Waals surface area contributed by atoms with E-state index in [9.17, 15) is 0 Å². The van der Waals surface area contributed by atoms with Gasteiger partial charge in [0.05, 0.1) is 0 Å². The summed E-state index contributed by atoms with van der Waals surface area (Å²) in [5, 5.41) is 0. The van der Waals surface area contributed by atoms with Gasteiger partial charge in [-0.15, -0.1) is 0 Å². The Morgan fingerprint density at radius 1 is 0.609 bits per heavy atom. The molecule has 0 unspecified atom stereocenters. The minimum atomic E-state index is -1.97. The van der Waals surface area contributed by atoms with Gasteiger partial charge < -0.3 is 9.13 Å². The molecule has 0 radical (unpaired) electrons. The van der Waals surface area contributed by atoms with Gasteiger partial charge in [0.25, 0.3) is 8.40 Å². The van der Waals surface area contributed by atoms with Gasteiger partial charge in [0.15, 0.2) is 0 Å². The van der Waals surface area contributed by atoms with E-state index in [0.29, 0.717) is 11.1 Å². The quantitative estimate of drug-likeness (QED) is 0.645. The molecule has 0 heterocycles. The lowest BCUT2D eigenvalue weighted by molar-refractivity contribution is 0.839. The van der Waals surface area contributed by atoms with E-state index in [1.54, 1.807) is 0 Å². The molecule has 2 nitrogen and oxygen atoms in total. The lowest BCUT2D eigenvalue weighted by Gasteiger charge is -2.53. The molecule has 2 rings (SSSR count). The summed E-state index contributed by atoms with van der Waals surface area (Å²) in [4.78, 5) is 0. The van der Waals surface area contributed by atoms with Crippen molar-refractivity contribution in [1.82, 2.24) is 0 Å². The zero-order valence-corrected chi connectivity index (χ0v) is 16.3. The number of anilines is 2. The maximum atomic E-state index is 2.58. The molecule has 0 bridgehead atoms. The molecule has 0 aliphatic carbocycles. The average Bonchev–Trinajstić information content (AvgIpc) is 2.56. The Hall–Kier alpha value is -1.74. The summed E-state index contributed by atoms with van der Waals surface area (Å²) in [6.45, 7) is 9.52. The molecule has 3 heteroatoms. The molecule has 0 N–H and O–H groups in total. The van der Waals surface area contributed by atoms with Crippen LogP contribution in [0.2, 0.25) is 11.1 Å². The van der Waals surface area contributed by atoms with Crippen LogP contribution < -0.4 is 9.13 Å². The fourth-order valence-electron chi connectivity index (χ4n) is 4.16. The normalized spacial score (nSPS) is 11.8. The summed E-state index contributed by atoms with van der Waals surface area (Å²) in [6.07, 6.45) is 0. The predicted octanol–water partition coefficient (Wildman–Crippen LogP) is 5.52. The van der Waals surface area contributed by atoms with Gasteiger partial charge in [0.2, 0.25) is 0 Å². The summed E-state index contributed by atoms with van der Waals surface area (Å²) >= 11 is 0. The topological polar surface area (TPSA) is 6.48 Å². The van der Waals surface area contributed by atoms with Crippen molar-refractivity contribution in [3.05, 3.63) is 60.7 Å². The van der Waals surface area contributed by atoms with E-state index in [1.807, 2.05) is 0 Å². The molecule has 23 heavy (non-hydrogen) atoms. The Morgan fingerprint density at radius 3 is 1.17 bits per heavy atom. The molecule has 0 aliphatic heterocycles. The number of rotatable bonds is 6. The second kappa shape index (κ2) is 7.22. The van der Waals surface area contributed by atoms with E-state index in [4.69, 9.17) is 0 Å². The molecular formula is C20H30N2Si. The third-order valence-corrected chi connectivity index (χ3v) is 11.1. The van der Waals surface area contributed by atoms with E-state index in [2.05, 4.69) is 112 Å². The van der Waals surface area contributed by atoms with Crippen LogP contribution in [-0.4, -0.2) is 22.5 Å². The Morgan fingerprint density at radius 2 is 0.913 bits per heavy atom. The highest BCUT2D eigenvalue weighted by molar-refractivity contribution is 6.88. The predicted molar refractivity (Wildman–Crippen MR) is 106 cm³/mol. The highest BCUT2D eigenvalue weighted by Crippen LogP contribution is 2.41. The van der Waals surface area contributed by atoms with Crippen molar-refractivity contribution in [3.63, 3.8) is 0 Å². The van der Waals surface area contributed by atoms with E-state index < -0.39 is 8.40 Å². The number of hydrogen-bond donors (Lipinski definition) is 0. The van der Waals surface area contributed by atoms with Crippen molar-refractivity contribution < 1.29 is 0 Å². The molecule has 0 spiro atoms. The molecule has 124 valence electrons. The monoisotopic (exact) mass is 326 g/mol. The van der Waals surface area contributed by atoms with Crippen molar-refractivity contribution >= 4 is 19.8 Å². The summed E-state index contributed by atoms with van der Waals surface area (Å²) in [5.74, 6) is 0. The van der Waals surface area contributed by atoms with Gasteiger partial charge in [0, 0.05) is 11.4 Å². The van der Waals surface area contributed by atoms with Crippen LogP contribution in [0.3, 0.4) is 0 Å². The molecule has 0 saturated carbocycles. The SMILES string of the molecule is CC(C)[Si](C(C)C)(N(C)c1ccccc1)N(C)c1ccccc1. The third-order valence-electron chi connectivity index (χ3n) is 5.06. The second-order valence-corrected chi connectivity index (χ2v) is 12.1. The minimum absolute atomic E-state index is 0.595. The van der Waals surface area contributed by atoms with Crippen LogP contribution in [-0.2, 0) is 0 Å². The Bertz CT molecular complexity index is 540. The number of hydrogen-bond acceptors (Lipinski definition) is 2. The first-order valence-electron chi connectivity index (χ1n) is 8.50. The Kier molecular flexibility index (Phi) is 5.53. The van der Waals surface area contributed by atoms with Crippen molar-refractivity contribution in [2.45, 2.75) is 38.8 Å². The van der Waals surface area contributed by atoms with Crippen molar-refractivity contribution in [1.29, 1.82) is 0 Å². The van der Waals surface area contributed by atoms with Crippen molar-refractivity contribution in [3.8, 4) is 0 Å². The molecule has 0 aliphatic rings. The van der Waals surface area contributed by atoms with E-state index in [1.165, 1.54) is 11.4 Å². The van der Waals surface area contributed by atoms with Gasteiger partial charge in [-0.2, -0.15) is 0 Å². The molecule has 0 aromatic heterocycles. The third kappa shape index (κ3) is 3.16. The minimum Gasteiger partial charge on any atom is -0.383 e. The lowest BCUT2D eigenvalue weighted by atomic mass is 10.3. The first kappa shape index (κ1) is 17.6. The van der Waals surface area contributed by atoms with Crippen LogP contribution in [0.25, 0.3) is 0 Å². The van der Waals surface area contributed by atoms with Crippen LogP contribution in [0.4, 0.5) is 11.4 Å². The molecule has 2 aromatic rings. The summed E-state index contributed by atoms with van der Waals surface area (Å²) < 4.78 is 5.16. The van der Waals surface area contributed by atoms with E-state index in [-0.39, 0.29) is 0 Å². The first-order chi connectivity index (χ1) is 10.9. The van der Waals surface area contributed by atoms with Crippen LogP contribution in [0.5, 0.6) is 0 Å². The maximum absolute atomic E-state index is 2.58. The highest BCUT2D eigenvalue weighted by Gasteiger charge is 2.49. The smallest absolute Gasteiger partial charge is 0.269 e. The van der Waals surface area contributed by atoms with Gasteiger partial charge in [-0.05, 0) is 49.4 Å². The van der Waals surface area contributed by atoms with Crippen LogP contribution in [0.1, 0.15) is 27.7 Å². The largest absolute Gasteiger partial charge is 0.383 e. The Balaban J connectivity index is 2.56. The van der Waals surface area contributed by atoms with Gasteiger partial charge >= 0.3 is 0 Å². The molecule has 2 aromatic carbocycles. The molecule has 0 saturated heterocycles. The molecule has 0 atom stereocenters. The number of nitrogens with zero attached hydrogens (tertiary/aromatic N) is 2. The average molecular weight is 327 g/mol. The summed E-state index contributed by atoms with van der Waals surface area (Å²) in [6, 6.07) is 21.6. The van der Waals surface area contributed by atoms with Crippen molar-refractivity contribution in [2.75, 3.05) is 23.2 Å². The van der Waals surface area contributed by atoms with E-state index >= 15 is 0 Å². The van der Waals surface area contributed by atoms with Gasteiger partial charge in [0.1, 0.15) is 0 Å². The fourth-order valence-corrected chi connectivity index (χ4v) is 10.2. The summed E-state index contributed by atoms with van der Waals surface area (Å²) in [7, 11) is 2.59. The van der Waals surface area contributed by atoms with Crippen LogP contribution in [0.15, 0.2) is 60.7 Å². The first-order valence-corrected chi connectivity index (χ1v) is 10.5. The Labute approximate surface area is 142 Å². The van der Waals surface area contributed by atoms with Gasteiger partial charge in [-0.25, -0.2) is 0 Å². The maximum Gasteiger partial charge on any atom is 0.269 e. The van der Waals surface area contributed by atoms with E-state index in [0.717, 1.165) is 0 Å². The molecule has 0 fully saturated rings. The summed E-state index contributed by atoms with van der Waals surface area (Å²) in [5.41, 5.74) is 3.81.